The van der Waals surface area contributed by atoms with E-state index in [4.69, 9.17) is 0 Å². The van der Waals surface area contributed by atoms with Gasteiger partial charge < -0.3 is 0 Å². The second-order valence-electron chi connectivity index (χ2n) is 3.49. The normalized spacial score (nSPS) is 13.8. The minimum atomic E-state index is 0. The van der Waals surface area contributed by atoms with Gasteiger partial charge in [0.05, 0.1) is 0 Å². The molecule has 3 rings (SSSR count). The molecule has 0 N–H and O–H groups in total. The molecule has 0 radical (unpaired) electrons. The van der Waals surface area contributed by atoms with E-state index >= 15 is 0 Å². The number of nitrogens with zero attached hydrogens (tertiary/aromatic N) is 2. The fraction of sp³-hybridized carbons (Fsp3) is 0.143. The van der Waals surface area contributed by atoms with Crippen LogP contribution < -0.4 is 0 Å². The van der Waals surface area contributed by atoms with Crippen molar-refractivity contribution in [2.75, 3.05) is 11.5 Å². The molecular weight excluding hydrogens is 316 g/mol. The van der Waals surface area contributed by atoms with Gasteiger partial charge in [0.1, 0.15) is 0 Å². The molecule has 2 aromatic rings. The fourth-order valence-corrected chi connectivity index (χ4v) is 3.35. The van der Waals surface area contributed by atoms with Gasteiger partial charge in [-0.15, -0.1) is 10.7 Å². The van der Waals surface area contributed by atoms with Crippen molar-refractivity contribution in [3.63, 3.8) is 0 Å². The molecule has 100 valence electrons. The molecular formula is C14H14FeN2S2. The summed E-state index contributed by atoms with van der Waals surface area (Å²) in [5, 5.41) is 8.13. The van der Waals surface area contributed by atoms with Crippen molar-refractivity contribution in [2.45, 2.75) is 0 Å². The number of hydrogen-bond donors (Lipinski definition) is 0. The summed E-state index contributed by atoms with van der Waals surface area (Å²) >= 11 is 3.56. The van der Waals surface area contributed by atoms with Gasteiger partial charge in [-0.05, 0) is 0 Å². The third-order valence-corrected chi connectivity index (χ3v) is 4.56. The molecule has 0 bridgehead atoms. The van der Waals surface area contributed by atoms with Crippen molar-refractivity contribution in [1.29, 1.82) is 0 Å². The van der Waals surface area contributed by atoms with Crippen molar-refractivity contribution >= 4 is 34.1 Å². The first-order chi connectivity index (χ1) is 8.95. The molecule has 0 aromatic heterocycles. The Balaban J connectivity index is 0.000000256. The van der Waals surface area contributed by atoms with E-state index in [1.54, 1.807) is 29.7 Å². The average molecular weight is 330 g/mol. The van der Waals surface area contributed by atoms with Crippen LogP contribution in [0.15, 0.2) is 64.8 Å². The zero-order valence-electron chi connectivity index (χ0n) is 10.3. The molecule has 0 atom stereocenters. The van der Waals surface area contributed by atoms with Gasteiger partial charge in [-0.3, -0.25) is 0 Å². The quantitative estimate of drug-likeness (QED) is 0.360. The first kappa shape index (κ1) is 16.3. The predicted octanol–water partition coefficient (Wildman–Crippen LogP) is 3.98. The monoisotopic (exact) mass is 330 g/mol. The van der Waals surface area contributed by atoms with E-state index in [0.29, 0.717) is 0 Å². The Kier molecular flexibility index (Phi) is 8.67. The van der Waals surface area contributed by atoms with Crippen molar-refractivity contribution in [3.05, 3.63) is 60.2 Å². The topological polar surface area (TPSA) is 24.7 Å². The van der Waals surface area contributed by atoms with Crippen molar-refractivity contribution in [1.82, 2.24) is 0 Å². The number of rotatable bonds is 2. The average Bonchev–Trinajstić information content (AvgIpc) is 3.16. The minimum absolute atomic E-state index is 0. The van der Waals surface area contributed by atoms with Crippen LogP contribution >= 0.6 is 23.5 Å². The second kappa shape index (κ2) is 10.1. The fourth-order valence-electron chi connectivity index (χ4n) is 1.30. The van der Waals surface area contributed by atoms with E-state index in [1.807, 2.05) is 54.6 Å². The zero-order chi connectivity index (χ0) is 12.5. The summed E-state index contributed by atoms with van der Waals surface area (Å²) in [4.78, 5) is 0. The summed E-state index contributed by atoms with van der Waals surface area (Å²) in [6.07, 6.45) is 1.78. The third-order valence-electron chi connectivity index (χ3n) is 2.12. The maximum Gasteiger partial charge on any atom is 2.00 e. The standard InChI is InChI=1S/C9H9N2S2.C5H5.Fe/c1-2-4-8(3-1)7-10-11-9-12-5-6-13-9;1-2-4-5-3-1;/h1-4,7H,5-6H2;1-5H;/q2*-1;+2. The molecule has 5 heteroatoms. The van der Waals surface area contributed by atoms with Crippen LogP contribution in [0.3, 0.4) is 0 Å². The zero-order valence-corrected chi connectivity index (χ0v) is 13.0. The van der Waals surface area contributed by atoms with E-state index in [0.717, 1.165) is 21.4 Å². The van der Waals surface area contributed by atoms with Gasteiger partial charge in [0.15, 0.2) is 4.38 Å². The van der Waals surface area contributed by atoms with Crippen molar-refractivity contribution in [2.24, 2.45) is 10.2 Å². The Morgan fingerprint density at radius 3 is 2.21 bits per heavy atom. The summed E-state index contributed by atoms with van der Waals surface area (Å²) in [6.45, 7) is 0. The van der Waals surface area contributed by atoms with E-state index < -0.39 is 0 Å². The molecule has 1 saturated heterocycles. The Bertz CT molecular complexity index is 450. The molecule has 1 aliphatic rings. The number of thioether (sulfide) groups is 2. The van der Waals surface area contributed by atoms with Crippen LogP contribution in [0.25, 0.3) is 0 Å². The molecule has 1 fully saturated rings. The Labute approximate surface area is 133 Å². The van der Waals surface area contributed by atoms with Crippen LogP contribution in [-0.2, 0) is 17.1 Å². The Hall–Kier alpha value is -0.741. The predicted molar refractivity (Wildman–Crippen MR) is 84.0 cm³/mol. The van der Waals surface area contributed by atoms with Crippen molar-refractivity contribution < 1.29 is 17.1 Å². The van der Waals surface area contributed by atoms with E-state index in [2.05, 4.69) is 10.2 Å². The molecule has 0 amide bonds. The van der Waals surface area contributed by atoms with Crippen LogP contribution in [0.5, 0.6) is 0 Å². The molecule has 0 saturated carbocycles. The van der Waals surface area contributed by atoms with Crippen LogP contribution in [0.4, 0.5) is 0 Å². The SMILES string of the molecule is C(=NN=C1SCCS1)[c-]1cccc1.[Fe+2].c1cc[cH-]c1. The van der Waals surface area contributed by atoms with Crippen molar-refractivity contribution in [3.8, 4) is 0 Å². The Morgan fingerprint density at radius 2 is 1.68 bits per heavy atom. The molecule has 2 nitrogen and oxygen atoms in total. The molecule has 0 unspecified atom stereocenters. The van der Waals surface area contributed by atoms with Gasteiger partial charge in [-0.1, -0.05) is 23.5 Å². The van der Waals surface area contributed by atoms with Crippen LogP contribution in [0, 0.1) is 0 Å². The summed E-state index contributed by atoms with van der Waals surface area (Å²) in [5.74, 6) is 2.32. The van der Waals surface area contributed by atoms with Gasteiger partial charge in [-0.25, -0.2) is 24.3 Å². The van der Waals surface area contributed by atoms with E-state index in [-0.39, 0.29) is 17.1 Å². The molecule has 19 heavy (non-hydrogen) atoms. The van der Waals surface area contributed by atoms with Gasteiger partial charge in [0.2, 0.25) is 0 Å². The maximum absolute atomic E-state index is 4.11. The van der Waals surface area contributed by atoms with E-state index in [1.165, 1.54) is 0 Å². The first-order valence-electron chi connectivity index (χ1n) is 5.70. The summed E-state index contributed by atoms with van der Waals surface area (Å²) in [7, 11) is 0. The third kappa shape index (κ3) is 6.83. The van der Waals surface area contributed by atoms with E-state index in [9.17, 15) is 0 Å². The van der Waals surface area contributed by atoms with Gasteiger partial charge in [0.25, 0.3) is 0 Å². The number of hydrogen-bond acceptors (Lipinski definition) is 4. The van der Waals surface area contributed by atoms with Gasteiger partial charge in [-0.2, -0.15) is 35.4 Å². The Morgan fingerprint density at radius 1 is 1.05 bits per heavy atom. The summed E-state index contributed by atoms with van der Waals surface area (Å²) < 4.78 is 1.09. The molecule has 1 aliphatic heterocycles. The largest absolute Gasteiger partial charge is 2.00 e. The maximum atomic E-state index is 4.11. The molecule has 1 heterocycles. The summed E-state index contributed by atoms with van der Waals surface area (Å²) in [6, 6.07) is 18.0. The van der Waals surface area contributed by atoms with Gasteiger partial charge in [0, 0.05) is 17.7 Å². The molecule has 0 spiro atoms. The second-order valence-corrected chi connectivity index (χ2v) is 5.91. The van der Waals surface area contributed by atoms with Gasteiger partial charge >= 0.3 is 17.1 Å². The minimum Gasteiger partial charge on any atom is -0.214 e. The first-order valence-corrected chi connectivity index (χ1v) is 7.67. The molecule has 0 aliphatic carbocycles. The summed E-state index contributed by atoms with van der Waals surface area (Å²) in [5.41, 5.74) is 1.11. The van der Waals surface area contributed by atoms with Crippen LogP contribution in [-0.4, -0.2) is 22.1 Å². The molecule has 2 aromatic carbocycles. The van der Waals surface area contributed by atoms with Crippen LogP contribution in [0.1, 0.15) is 5.56 Å². The van der Waals surface area contributed by atoms with Crippen LogP contribution in [0.2, 0.25) is 0 Å². The smallest absolute Gasteiger partial charge is 0.214 e.